The zero-order valence-corrected chi connectivity index (χ0v) is 12.3. The summed E-state index contributed by atoms with van der Waals surface area (Å²) in [6.07, 6.45) is 0. The second-order valence-electron chi connectivity index (χ2n) is 4.25. The molecule has 17 heavy (non-hydrogen) atoms. The quantitative estimate of drug-likeness (QED) is 0.470. The van der Waals surface area contributed by atoms with Gasteiger partial charge in [-0.25, -0.2) is 4.39 Å². The van der Waals surface area contributed by atoms with E-state index in [-0.39, 0.29) is 5.82 Å². The predicted octanol–water partition coefficient (Wildman–Crippen LogP) is 3.10. The van der Waals surface area contributed by atoms with Crippen LogP contribution in [0.2, 0.25) is 0 Å². The van der Waals surface area contributed by atoms with E-state index < -0.39 is 0 Å². The van der Waals surface area contributed by atoms with Crippen LogP contribution < -0.4 is 11.1 Å². The number of hydrogen-bond acceptors (Lipinski definition) is 3. The molecule has 0 atom stereocenters. The first-order valence-electron chi connectivity index (χ1n) is 5.57. The molecule has 0 fully saturated rings. The summed E-state index contributed by atoms with van der Waals surface area (Å²) in [5, 5.41) is 3.06. The minimum absolute atomic E-state index is 0.259. The van der Waals surface area contributed by atoms with Gasteiger partial charge in [0, 0.05) is 19.2 Å². The van der Waals surface area contributed by atoms with Gasteiger partial charge in [0.15, 0.2) is 0 Å². The van der Waals surface area contributed by atoms with Crippen molar-refractivity contribution in [2.45, 2.75) is 13.8 Å². The number of benzene rings is 1. The summed E-state index contributed by atoms with van der Waals surface area (Å²) in [6.45, 7) is 6.14. The molecule has 0 unspecified atom stereocenters. The smallest absolute Gasteiger partial charge is 0.138 e. The van der Waals surface area contributed by atoms with Gasteiger partial charge in [-0.2, -0.15) is 0 Å². The van der Waals surface area contributed by atoms with Crippen LogP contribution in [0, 0.1) is 15.3 Å². The van der Waals surface area contributed by atoms with Crippen molar-refractivity contribution in [3.8, 4) is 0 Å². The van der Waals surface area contributed by atoms with Crippen LogP contribution >= 0.6 is 22.6 Å². The molecule has 0 heterocycles. The van der Waals surface area contributed by atoms with E-state index in [1.807, 2.05) is 22.6 Å². The molecule has 0 radical (unpaired) electrons. The fraction of sp³-hybridized carbons (Fsp3) is 0.500. The monoisotopic (exact) mass is 352 g/mol. The number of nitrogen functional groups attached to an aromatic ring is 1. The largest absolute Gasteiger partial charge is 0.397 e. The van der Waals surface area contributed by atoms with Gasteiger partial charge >= 0.3 is 0 Å². The Morgan fingerprint density at radius 3 is 2.82 bits per heavy atom. The molecule has 0 saturated heterocycles. The highest BCUT2D eigenvalue weighted by atomic mass is 127. The van der Waals surface area contributed by atoms with Crippen molar-refractivity contribution in [1.29, 1.82) is 0 Å². The molecule has 0 spiro atoms. The zero-order valence-electron chi connectivity index (χ0n) is 10.1. The van der Waals surface area contributed by atoms with E-state index in [0.717, 1.165) is 6.61 Å². The molecule has 3 nitrogen and oxygen atoms in total. The number of hydrogen-bond donors (Lipinski definition) is 2. The summed E-state index contributed by atoms with van der Waals surface area (Å²) in [5.74, 6) is 0.265. The Kier molecular flexibility index (Phi) is 5.97. The number of nitrogens with one attached hydrogen (secondary N) is 1. The Balaban J connectivity index is 2.39. The van der Waals surface area contributed by atoms with Crippen LogP contribution in [0.25, 0.3) is 0 Å². The van der Waals surface area contributed by atoms with Crippen molar-refractivity contribution in [2.24, 2.45) is 5.92 Å². The maximum absolute atomic E-state index is 13.3. The minimum Gasteiger partial charge on any atom is -0.397 e. The Morgan fingerprint density at radius 1 is 1.47 bits per heavy atom. The van der Waals surface area contributed by atoms with Gasteiger partial charge in [0.25, 0.3) is 0 Å². The van der Waals surface area contributed by atoms with Gasteiger partial charge in [0.1, 0.15) is 5.82 Å². The first-order valence-corrected chi connectivity index (χ1v) is 6.64. The van der Waals surface area contributed by atoms with E-state index in [0.29, 0.717) is 34.0 Å². The number of halogens is 2. The van der Waals surface area contributed by atoms with E-state index in [9.17, 15) is 4.39 Å². The molecule has 3 N–H and O–H groups in total. The van der Waals surface area contributed by atoms with Gasteiger partial charge in [-0.15, -0.1) is 0 Å². The molecule has 5 heteroatoms. The molecule has 0 aliphatic heterocycles. The number of ether oxygens (including phenoxy) is 1. The fourth-order valence-corrected chi connectivity index (χ4v) is 1.78. The molecule has 0 saturated carbocycles. The van der Waals surface area contributed by atoms with E-state index in [1.165, 1.54) is 6.07 Å². The summed E-state index contributed by atoms with van der Waals surface area (Å²) in [6, 6.07) is 3.03. The average molecular weight is 352 g/mol. The summed E-state index contributed by atoms with van der Waals surface area (Å²) in [7, 11) is 0. The highest BCUT2D eigenvalue weighted by molar-refractivity contribution is 14.1. The second kappa shape index (κ2) is 7.00. The standard InChI is InChI=1S/C12H18FIN2O/c1-8(2)7-17-4-3-16-12-5-9(13)10(14)6-11(12)15/h5-6,8,16H,3-4,7,15H2,1-2H3. The summed E-state index contributed by atoms with van der Waals surface area (Å²) >= 11 is 1.92. The third-order valence-corrected chi connectivity index (χ3v) is 2.93. The van der Waals surface area contributed by atoms with Crippen LogP contribution in [0.4, 0.5) is 15.8 Å². The van der Waals surface area contributed by atoms with Crippen molar-refractivity contribution >= 4 is 34.0 Å². The topological polar surface area (TPSA) is 47.3 Å². The zero-order chi connectivity index (χ0) is 12.8. The van der Waals surface area contributed by atoms with Gasteiger partial charge in [0.2, 0.25) is 0 Å². The highest BCUT2D eigenvalue weighted by Crippen LogP contribution is 2.23. The van der Waals surface area contributed by atoms with Gasteiger partial charge in [-0.3, -0.25) is 0 Å². The van der Waals surface area contributed by atoms with E-state index >= 15 is 0 Å². The lowest BCUT2D eigenvalue weighted by molar-refractivity contribution is 0.118. The molecule has 0 aliphatic carbocycles. The first-order chi connectivity index (χ1) is 8.00. The summed E-state index contributed by atoms with van der Waals surface area (Å²) in [5.41, 5.74) is 6.96. The third-order valence-electron chi connectivity index (χ3n) is 2.11. The predicted molar refractivity (Wildman–Crippen MR) is 77.7 cm³/mol. The molecule has 1 aromatic carbocycles. The minimum atomic E-state index is -0.259. The van der Waals surface area contributed by atoms with Crippen LogP contribution in [0.3, 0.4) is 0 Å². The molecule has 0 aliphatic rings. The SMILES string of the molecule is CC(C)COCCNc1cc(F)c(I)cc1N. The van der Waals surface area contributed by atoms with Crippen molar-refractivity contribution in [3.63, 3.8) is 0 Å². The third kappa shape index (κ3) is 5.08. The Bertz CT molecular complexity index is 372. The van der Waals surface area contributed by atoms with Gasteiger partial charge in [-0.05, 0) is 34.6 Å². The summed E-state index contributed by atoms with van der Waals surface area (Å²) in [4.78, 5) is 0. The Labute approximate surface area is 115 Å². The van der Waals surface area contributed by atoms with Crippen LogP contribution in [0.15, 0.2) is 12.1 Å². The van der Waals surface area contributed by atoms with E-state index in [1.54, 1.807) is 6.07 Å². The van der Waals surface area contributed by atoms with E-state index in [4.69, 9.17) is 10.5 Å². The van der Waals surface area contributed by atoms with E-state index in [2.05, 4.69) is 19.2 Å². The van der Waals surface area contributed by atoms with Crippen molar-refractivity contribution in [3.05, 3.63) is 21.5 Å². The van der Waals surface area contributed by atoms with Gasteiger partial charge in [-0.1, -0.05) is 13.8 Å². The molecular weight excluding hydrogens is 334 g/mol. The van der Waals surface area contributed by atoms with Crippen molar-refractivity contribution < 1.29 is 9.13 Å². The lowest BCUT2D eigenvalue weighted by atomic mass is 10.2. The lowest BCUT2D eigenvalue weighted by Gasteiger charge is -2.11. The van der Waals surface area contributed by atoms with Gasteiger partial charge in [0.05, 0.1) is 21.6 Å². The normalized spacial score (nSPS) is 10.9. The molecule has 0 amide bonds. The fourth-order valence-electron chi connectivity index (χ4n) is 1.29. The second-order valence-corrected chi connectivity index (χ2v) is 5.41. The molecule has 0 aromatic heterocycles. The van der Waals surface area contributed by atoms with Gasteiger partial charge < -0.3 is 15.8 Å². The lowest BCUT2D eigenvalue weighted by Crippen LogP contribution is -2.13. The molecular formula is C12H18FIN2O. The van der Waals surface area contributed by atoms with Crippen molar-refractivity contribution in [1.82, 2.24) is 0 Å². The number of nitrogens with two attached hydrogens (primary N) is 1. The molecule has 1 aromatic rings. The number of anilines is 2. The summed E-state index contributed by atoms with van der Waals surface area (Å²) < 4.78 is 19.2. The Hall–Kier alpha value is -0.560. The average Bonchev–Trinajstić information content (AvgIpc) is 2.24. The molecule has 0 bridgehead atoms. The molecule has 96 valence electrons. The number of rotatable bonds is 6. The maximum Gasteiger partial charge on any atom is 0.138 e. The Morgan fingerprint density at radius 2 is 2.18 bits per heavy atom. The molecule has 1 rings (SSSR count). The van der Waals surface area contributed by atoms with Crippen LogP contribution in [0.1, 0.15) is 13.8 Å². The van der Waals surface area contributed by atoms with Crippen LogP contribution in [-0.4, -0.2) is 19.8 Å². The maximum atomic E-state index is 13.3. The van der Waals surface area contributed by atoms with Crippen molar-refractivity contribution in [2.75, 3.05) is 30.8 Å². The highest BCUT2D eigenvalue weighted by Gasteiger charge is 2.05. The van der Waals surface area contributed by atoms with Crippen LogP contribution in [-0.2, 0) is 4.74 Å². The van der Waals surface area contributed by atoms with Crippen LogP contribution in [0.5, 0.6) is 0 Å². The first kappa shape index (κ1) is 14.5.